The van der Waals surface area contributed by atoms with Crippen molar-refractivity contribution in [1.29, 1.82) is 0 Å². The summed E-state index contributed by atoms with van der Waals surface area (Å²) < 4.78 is 5.61. The minimum absolute atomic E-state index is 0.142. The maximum atomic E-state index is 12.2. The second-order valence-electron chi connectivity index (χ2n) is 5.33. The smallest absolute Gasteiger partial charge is 0.286 e. The summed E-state index contributed by atoms with van der Waals surface area (Å²) in [6.45, 7) is 4.57. The summed E-state index contributed by atoms with van der Waals surface area (Å²) in [5.41, 5.74) is 0.926. The third-order valence-corrected chi connectivity index (χ3v) is 4.79. The van der Waals surface area contributed by atoms with Gasteiger partial charge in [-0.05, 0) is 50.1 Å². The fourth-order valence-electron chi connectivity index (χ4n) is 2.65. The number of hydrogen-bond acceptors (Lipinski definition) is 4. The molecule has 1 amide bonds. The molecule has 5 heteroatoms. The molecule has 2 aliphatic heterocycles. The molecule has 0 unspecified atom stereocenters. The lowest BCUT2D eigenvalue weighted by Gasteiger charge is -2.27. The molecule has 4 nitrogen and oxygen atoms in total. The first-order valence-corrected chi connectivity index (χ1v) is 8.59. The monoisotopic (exact) mass is 316 g/mol. The van der Waals surface area contributed by atoms with Gasteiger partial charge in [-0.1, -0.05) is 18.2 Å². The van der Waals surface area contributed by atoms with Gasteiger partial charge < -0.3 is 9.64 Å². The van der Waals surface area contributed by atoms with Crippen molar-refractivity contribution in [2.75, 3.05) is 19.7 Å². The number of aliphatic imine (C=N–C) groups is 1. The summed E-state index contributed by atoms with van der Waals surface area (Å²) in [5.74, 6) is 0.661. The van der Waals surface area contributed by atoms with Gasteiger partial charge in [-0.3, -0.25) is 4.79 Å². The van der Waals surface area contributed by atoms with E-state index in [1.165, 1.54) is 31.0 Å². The molecule has 1 aromatic rings. The zero-order valence-electron chi connectivity index (χ0n) is 12.7. The van der Waals surface area contributed by atoms with Gasteiger partial charge in [0.25, 0.3) is 5.91 Å². The highest BCUT2D eigenvalue weighted by Gasteiger charge is 2.27. The normalized spacial score (nSPS) is 20.4. The van der Waals surface area contributed by atoms with Crippen LogP contribution in [0.25, 0.3) is 6.08 Å². The average molecular weight is 316 g/mol. The zero-order valence-corrected chi connectivity index (χ0v) is 13.6. The molecule has 0 saturated carbocycles. The van der Waals surface area contributed by atoms with Gasteiger partial charge in [0.15, 0.2) is 5.17 Å². The lowest BCUT2D eigenvalue weighted by atomic mass is 10.1. The molecular formula is C17H20N2O2S. The van der Waals surface area contributed by atoms with Crippen molar-refractivity contribution in [2.24, 2.45) is 4.99 Å². The lowest BCUT2D eigenvalue weighted by molar-refractivity contribution is -0.113. The van der Waals surface area contributed by atoms with Crippen LogP contribution in [0, 0.1) is 0 Å². The molecule has 0 bridgehead atoms. The Morgan fingerprint density at radius 1 is 1.27 bits per heavy atom. The Morgan fingerprint density at radius 3 is 2.82 bits per heavy atom. The van der Waals surface area contributed by atoms with E-state index in [9.17, 15) is 4.79 Å². The maximum absolute atomic E-state index is 12.2. The molecule has 0 aliphatic carbocycles. The second kappa shape index (κ2) is 7.01. The van der Waals surface area contributed by atoms with Crippen molar-refractivity contribution >= 4 is 28.9 Å². The van der Waals surface area contributed by atoms with E-state index in [1.807, 2.05) is 37.3 Å². The number of hydrogen-bond donors (Lipinski definition) is 0. The van der Waals surface area contributed by atoms with E-state index in [2.05, 4.69) is 9.89 Å². The van der Waals surface area contributed by atoms with Crippen molar-refractivity contribution in [3.63, 3.8) is 0 Å². The van der Waals surface area contributed by atoms with Gasteiger partial charge in [0.2, 0.25) is 0 Å². The van der Waals surface area contributed by atoms with Crippen LogP contribution in [-0.4, -0.2) is 35.7 Å². The predicted octanol–water partition coefficient (Wildman–Crippen LogP) is 3.54. The number of nitrogens with zero attached hydrogens (tertiary/aromatic N) is 2. The Morgan fingerprint density at radius 2 is 2.05 bits per heavy atom. The van der Waals surface area contributed by atoms with Gasteiger partial charge in [0.05, 0.1) is 11.5 Å². The Labute approximate surface area is 135 Å². The van der Waals surface area contributed by atoms with E-state index in [1.54, 1.807) is 0 Å². The van der Waals surface area contributed by atoms with Crippen LogP contribution in [0.2, 0.25) is 0 Å². The SMILES string of the molecule is CCOc1ccccc1/C=C1\SC(N2CCCCC2)=NC1=O. The molecule has 0 atom stereocenters. The first kappa shape index (κ1) is 15.2. The van der Waals surface area contributed by atoms with E-state index < -0.39 is 0 Å². The Hall–Kier alpha value is -1.75. The van der Waals surface area contributed by atoms with Crippen LogP contribution in [0.15, 0.2) is 34.2 Å². The van der Waals surface area contributed by atoms with Gasteiger partial charge >= 0.3 is 0 Å². The molecule has 116 valence electrons. The number of para-hydroxylation sites is 1. The summed E-state index contributed by atoms with van der Waals surface area (Å²) in [4.78, 5) is 19.3. The van der Waals surface area contributed by atoms with Gasteiger partial charge in [-0.2, -0.15) is 4.99 Å². The molecule has 0 N–H and O–H groups in total. The van der Waals surface area contributed by atoms with E-state index >= 15 is 0 Å². The topological polar surface area (TPSA) is 41.9 Å². The first-order chi connectivity index (χ1) is 10.8. The van der Waals surface area contributed by atoms with Crippen molar-refractivity contribution in [3.8, 4) is 5.75 Å². The zero-order chi connectivity index (χ0) is 15.4. The van der Waals surface area contributed by atoms with Crippen LogP contribution >= 0.6 is 11.8 Å². The number of piperidine rings is 1. The number of ether oxygens (including phenoxy) is 1. The van der Waals surface area contributed by atoms with Crippen molar-refractivity contribution in [3.05, 3.63) is 34.7 Å². The number of likely N-dealkylation sites (tertiary alicyclic amines) is 1. The highest BCUT2D eigenvalue weighted by Crippen LogP contribution is 2.33. The van der Waals surface area contributed by atoms with Crippen LogP contribution < -0.4 is 4.74 Å². The Bertz CT molecular complexity index is 619. The molecule has 2 heterocycles. The van der Waals surface area contributed by atoms with Crippen molar-refractivity contribution < 1.29 is 9.53 Å². The van der Waals surface area contributed by atoms with E-state index in [-0.39, 0.29) is 5.91 Å². The molecule has 0 radical (unpaired) electrons. The standard InChI is InChI=1S/C17H20N2O2S/c1-2-21-14-9-5-4-8-13(14)12-15-16(20)18-17(22-15)19-10-6-3-7-11-19/h4-5,8-9,12H,2-3,6-7,10-11H2,1H3/b15-12-. The minimum atomic E-state index is -0.142. The van der Waals surface area contributed by atoms with Gasteiger partial charge in [0, 0.05) is 18.7 Å². The lowest BCUT2D eigenvalue weighted by Crippen LogP contribution is -2.33. The summed E-state index contributed by atoms with van der Waals surface area (Å²) in [7, 11) is 0. The molecule has 22 heavy (non-hydrogen) atoms. The van der Waals surface area contributed by atoms with E-state index in [0.717, 1.165) is 29.6 Å². The van der Waals surface area contributed by atoms with Gasteiger partial charge in [-0.15, -0.1) is 0 Å². The molecule has 1 aromatic carbocycles. The molecule has 0 aromatic heterocycles. The molecule has 1 saturated heterocycles. The van der Waals surface area contributed by atoms with Gasteiger partial charge in [0.1, 0.15) is 5.75 Å². The average Bonchev–Trinajstić information content (AvgIpc) is 2.91. The number of carbonyl (C=O) groups is 1. The quantitative estimate of drug-likeness (QED) is 0.800. The Kier molecular flexibility index (Phi) is 4.83. The van der Waals surface area contributed by atoms with Crippen LogP contribution in [-0.2, 0) is 4.79 Å². The number of thioether (sulfide) groups is 1. The van der Waals surface area contributed by atoms with Crippen LogP contribution in [0.3, 0.4) is 0 Å². The van der Waals surface area contributed by atoms with Crippen LogP contribution in [0.5, 0.6) is 5.75 Å². The third-order valence-electron chi connectivity index (χ3n) is 3.74. The molecular weight excluding hydrogens is 296 g/mol. The van der Waals surface area contributed by atoms with Crippen molar-refractivity contribution in [1.82, 2.24) is 4.90 Å². The molecule has 0 spiro atoms. The predicted molar refractivity (Wildman–Crippen MR) is 91.0 cm³/mol. The number of benzene rings is 1. The summed E-state index contributed by atoms with van der Waals surface area (Å²) >= 11 is 1.48. The maximum Gasteiger partial charge on any atom is 0.286 e. The van der Waals surface area contributed by atoms with Gasteiger partial charge in [-0.25, -0.2) is 0 Å². The summed E-state index contributed by atoms with van der Waals surface area (Å²) in [6, 6.07) is 7.77. The largest absolute Gasteiger partial charge is 0.493 e. The number of rotatable bonds is 3. The molecule has 2 aliphatic rings. The molecule has 1 fully saturated rings. The fourth-order valence-corrected chi connectivity index (χ4v) is 3.60. The molecule has 3 rings (SSSR count). The van der Waals surface area contributed by atoms with Crippen LogP contribution in [0.4, 0.5) is 0 Å². The number of amidine groups is 1. The van der Waals surface area contributed by atoms with E-state index in [4.69, 9.17) is 4.74 Å². The highest BCUT2D eigenvalue weighted by molar-refractivity contribution is 8.18. The number of carbonyl (C=O) groups excluding carboxylic acids is 1. The summed E-state index contributed by atoms with van der Waals surface area (Å²) in [5, 5.41) is 0.852. The second-order valence-corrected chi connectivity index (χ2v) is 6.34. The summed E-state index contributed by atoms with van der Waals surface area (Å²) in [6.07, 6.45) is 5.52. The first-order valence-electron chi connectivity index (χ1n) is 7.77. The Balaban J connectivity index is 1.78. The number of amides is 1. The fraction of sp³-hybridized carbons (Fsp3) is 0.412. The minimum Gasteiger partial charge on any atom is -0.493 e. The van der Waals surface area contributed by atoms with Crippen LogP contribution in [0.1, 0.15) is 31.7 Å². The van der Waals surface area contributed by atoms with Crippen molar-refractivity contribution in [2.45, 2.75) is 26.2 Å². The van der Waals surface area contributed by atoms with E-state index in [0.29, 0.717) is 11.5 Å². The third kappa shape index (κ3) is 3.35. The highest BCUT2D eigenvalue weighted by atomic mass is 32.2.